The topological polar surface area (TPSA) is 54.2 Å². The molecule has 2 atom stereocenters. The Hall–Kier alpha value is -1.57. The maximum atomic E-state index is 4.77. The van der Waals surface area contributed by atoms with Crippen molar-refractivity contribution in [3.05, 3.63) is 47.3 Å². The third-order valence-corrected chi connectivity index (χ3v) is 4.41. The van der Waals surface area contributed by atoms with E-state index in [4.69, 9.17) is 4.99 Å². The summed E-state index contributed by atoms with van der Waals surface area (Å²) in [5.41, 5.74) is 4.44. The number of para-hydroxylation sites is 1. The lowest BCUT2D eigenvalue weighted by Gasteiger charge is -2.13. The molecular weight excluding hydrogens is 425 g/mol. The minimum atomic E-state index is 0. The van der Waals surface area contributed by atoms with E-state index in [1.54, 1.807) is 0 Å². The summed E-state index contributed by atoms with van der Waals surface area (Å²) >= 11 is 0. The highest BCUT2D eigenvalue weighted by Gasteiger charge is 2.33. The molecule has 0 spiro atoms. The lowest BCUT2D eigenvalue weighted by Crippen LogP contribution is -2.39. The number of benzene rings is 1. The van der Waals surface area contributed by atoms with Crippen molar-refractivity contribution >= 4 is 29.9 Å². The Balaban J connectivity index is 0.00000225. The molecule has 1 aromatic carbocycles. The van der Waals surface area contributed by atoms with Gasteiger partial charge in [0.05, 0.1) is 17.9 Å². The van der Waals surface area contributed by atoms with Gasteiger partial charge in [-0.05, 0) is 50.8 Å². The number of hydrogen-bond acceptors (Lipinski definition) is 2. The van der Waals surface area contributed by atoms with E-state index >= 15 is 0 Å². The summed E-state index contributed by atoms with van der Waals surface area (Å²) in [4.78, 5) is 4.77. The van der Waals surface area contributed by atoms with Crippen molar-refractivity contribution in [1.29, 1.82) is 0 Å². The average molecular weight is 453 g/mol. The molecule has 0 aliphatic heterocycles. The van der Waals surface area contributed by atoms with E-state index in [9.17, 15) is 0 Å². The second-order valence-corrected chi connectivity index (χ2v) is 6.63. The van der Waals surface area contributed by atoms with Crippen molar-refractivity contribution in [1.82, 2.24) is 20.4 Å². The van der Waals surface area contributed by atoms with Gasteiger partial charge in [-0.1, -0.05) is 25.1 Å². The van der Waals surface area contributed by atoms with Gasteiger partial charge in [0.1, 0.15) is 0 Å². The number of nitrogens with one attached hydrogen (secondary N) is 2. The zero-order chi connectivity index (χ0) is 17.1. The van der Waals surface area contributed by atoms with Crippen LogP contribution >= 0.6 is 24.0 Å². The fourth-order valence-electron chi connectivity index (χ4n) is 2.91. The summed E-state index contributed by atoms with van der Waals surface area (Å²) in [7, 11) is 0. The number of nitrogens with zero attached hydrogens (tertiary/aromatic N) is 3. The van der Waals surface area contributed by atoms with Crippen molar-refractivity contribution in [2.45, 2.75) is 46.7 Å². The molecule has 0 saturated heterocycles. The molecule has 2 N–H and O–H groups in total. The predicted octanol–water partition coefficient (Wildman–Crippen LogP) is 3.57. The van der Waals surface area contributed by atoms with Crippen molar-refractivity contribution < 1.29 is 0 Å². The third-order valence-electron chi connectivity index (χ3n) is 4.41. The smallest absolute Gasteiger partial charge is 0.191 e. The van der Waals surface area contributed by atoms with Crippen LogP contribution < -0.4 is 10.6 Å². The summed E-state index contributed by atoms with van der Waals surface area (Å²) in [6.45, 7) is 9.96. The molecule has 1 aliphatic carbocycles. The van der Waals surface area contributed by atoms with Gasteiger partial charge in [-0.25, -0.2) is 9.67 Å². The molecule has 5 nitrogen and oxygen atoms in total. The normalized spacial score (nSPS) is 19.3. The molecule has 1 heterocycles. The van der Waals surface area contributed by atoms with Gasteiger partial charge in [0.25, 0.3) is 0 Å². The standard InChI is InChI=1S/C19H27N5.HI/c1-5-20-19(22-17-10-13(17)2)21-12-16-8-6-7-9-18(16)24-15(4)11-14(3)23-24;/h6-9,11,13,17H,5,10,12H2,1-4H3,(H2,20,21,22);1H. The van der Waals surface area contributed by atoms with E-state index < -0.39 is 0 Å². The Bertz CT molecular complexity index is 737. The monoisotopic (exact) mass is 453 g/mol. The first-order valence-corrected chi connectivity index (χ1v) is 8.75. The first kappa shape index (κ1) is 19.8. The quantitative estimate of drug-likeness (QED) is 0.414. The maximum Gasteiger partial charge on any atom is 0.191 e. The van der Waals surface area contributed by atoms with Crippen LogP contribution in [-0.4, -0.2) is 28.3 Å². The van der Waals surface area contributed by atoms with Crippen LogP contribution in [0.2, 0.25) is 0 Å². The average Bonchev–Trinajstić information content (AvgIpc) is 3.14. The van der Waals surface area contributed by atoms with Crippen LogP contribution in [0.5, 0.6) is 0 Å². The summed E-state index contributed by atoms with van der Waals surface area (Å²) < 4.78 is 2.00. The van der Waals surface area contributed by atoms with E-state index in [-0.39, 0.29) is 24.0 Å². The zero-order valence-electron chi connectivity index (χ0n) is 15.4. The molecule has 1 aliphatic rings. The Kier molecular flexibility index (Phi) is 6.87. The summed E-state index contributed by atoms with van der Waals surface area (Å²) in [5, 5.41) is 11.4. The van der Waals surface area contributed by atoms with Crippen LogP contribution in [0.25, 0.3) is 5.69 Å². The lowest BCUT2D eigenvalue weighted by atomic mass is 10.2. The van der Waals surface area contributed by atoms with Crippen LogP contribution in [0, 0.1) is 19.8 Å². The van der Waals surface area contributed by atoms with Crippen LogP contribution in [0.1, 0.15) is 37.2 Å². The van der Waals surface area contributed by atoms with Gasteiger partial charge in [0, 0.05) is 18.3 Å². The molecule has 6 heteroatoms. The van der Waals surface area contributed by atoms with Gasteiger partial charge in [-0.2, -0.15) is 5.10 Å². The van der Waals surface area contributed by atoms with Crippen LogP contribution in [0.4, 0.5) is 0 Å². The van der Waals surface area contributed by atoms with Gasteiger partial charge in [0.2, 0.25) is 0 Å². The molecular formula is C19H28IN5. The SMILES string of the molecule is CCNC(=NCc1ccccc1-n1nc(C)cc1C)NC1CC1C.I. The highest BCUT2D eigenvalue weighted by Crippen LogP contribution is 2.28. The second-order valence-electron chi connectivity index (χ2n) is 6.63. The first-order chi connectivity index (χ1) is 11.6. The molecule has 0 radical (unpaired) electrons. The highest BCUT2D eigenvalue weighted by molar-refractivity contribution is 14.0. The molecule has 1 aromatic heterocycles. The maximum absolute atomic E-state index is 4.77. The fourth-order valence-corrected chi connectivity index (χ4v) is 2.91. The van der Waals surface area contributed by atoms with Crippen molar-refractivity contribution in [2.24, 2.45) is 10.9 Å². The number of aryl methyl sites for hydroxylation is 2. The van der Waals surface area contributed by atoms with E-state index in [2.05, 4.69) is 60.8 Å². The van der Waals surface area contributed by atoms with E-state index in [1.807, 2.05) is 17.7 Å². The largest absolute Gasteiger partial charge is 0.357 e. The molecule has 1 fully saturated rings. The molecule has 25 heavy (non-hydrogen) atoms. The molecule has 3 rings (SSSR count). The van der Waals surface area contributed by atoms with E-state index in [0.717, 1.165) is 35.5 Å². The molecule has 136 valence electrons. The fraction of sp³-hybridized carbons (Fsp3) is 0.474. The summed E-state index contributed by atoms with van der Waals surface area (Å²) in [6, 6.07) is 11.0. The number of hydrogen-bond donors (Lipinski definition) is 2. The summed E-state index contributed by atoms with van der Waals surface area (Å²) in [6.07, 6.45) is 1.23. The lowest BCUT2D eigenvalue weighted by molar-refractivity contribution is 0.764. The number of rotatable bonds is 5. The predicted molar refractivity (Wildman–Crippen MR) is 114 cm³/mol. The second kappa shape index (κ2) is 8.69. The molecule has 1 saturated carbocycles. The third kappa shape index (κ3) is 4.96. The van der Waals surface area contributed by atoms with Crippen molar-refractivity contribution in [3.8, 4) is 5.69 Å². The first-order valence-electron chi connectivity index (χ1n) is 8.75. The minimum absolute atomic E-state index is 0. The van der Waals surface area contributed by atoms with Crippen molar-refractivity contribution in [3.63, 3.8) is 0 Å². The number of halogens is 1. The summed E-state index contributed by atoms with van der Waals surface area (Å²) in [5.74, 6) is 1.64. The minimum Gasteiger partial charge on any atom is -0.357 e. The number of aliphatic imine (C=N–C) groups is 1. The van der Waals surface area contributed by atoms with Crippen LogP contribution in [-0.2, 0) is 6.54 Å². The van der Waals surface area contributed by atoms with Crippen LogP contribution in [0.3, 0.4) is 0 Å². The molecule has 2 unspecified atom stereocenters. The van der Waals surface area contributed by atoms with E-state index in [1.165, 1.54) is 12.0 Å². The van der Waals surface area contributed by atoms with Gasteiger partial charge >= 0.3 is 0 Å². The highest BCUT2D eigenvalue weighted by atomic mass is 127. The molecule has 0 amide bonds. The van der Waals surface area contributed by atoms with Crippen molar-refractivity contribution in [2.75, 3.05) is 6.54 Å². The Morgan fingerprint density at radius 1 is 1.32 bits per heavy atom. The molecule has 0 bridgehead atoms. The Morgan fingerprint density at radius 2 is 2.04 bits per heavy atom. The van der Waals surface area contributed by atoms with Gasteiger partial charge in [0.15, 0.2) is 5.96 Å². The van der Waals surface area contributed by atoms with Gasteiger partial charge < -0.3 is 10.6 Å². The van der Waals surface area contributed by atoms with Gasteiger partial charge in [-0.3, -0.25) is 0 Å². The van der Waals surface area contributed by atoms with Crippen LogP contribution in [0.15, 0.2) is 35.3 Å². The molecule has 2 aromatic rings. The Labute approximate surface area is 167 Å². The number of guanidine groups is 1. The zero-order valence-corrected chi connectivity index (χ0v) is 17.7. The van der Waals surface area contributed by atoms with Gasteiger partial charge in [-0.15, -0.1) is 24.0 Å². The van der Waals surface area contributed by atoms with E-state index in [0.29, 0.717) is 12.6 Å². The number of aromatic nitrogens is 2. The Morgan fingerprint density at radius 3 is 2.64 bits per heavy atom.